The van der Waals surface area contributed by atoms with Gasteiger partial charge in [0.2, 0.25) is 0 Å². The van der Waals surface area contributed by atoms with Gasteiger partial charge in [-0.15, -0.1) is 0 Å². The molecular formula is C11H17NO2. The van der Waals surface area contributed by atoms with E-state index in [1.165, 1.54) is 38.4 Å². The number of nitrogens with two attached hydrogens (primary N) is 1. The quantitative estimate of drug-likeness (QED) is 0.700. The van der Waals surface area contributed by atoms with E-state index in [9.17, 15) is 4.79 Å². The van der Waals surface area contributed by atoms with E-state index in [4.69, 9.17) is 5.73 Å². The third-order valence-electron chi connectivity index (χ3n) is 2.31. The zero-order chi connectivity index (χ0) is 10.2. The molecule has 1 aromatic heterocycles. The Balaban J connectivity index is 0.000000140. The van der Waals surface area contributed by atoms with Crippen LogP contribution in [0.5, 0.6) is 0 Å². The lowest BCUT2D eigenvalue weighted by atomic mass is 9.97. The summed E-state index contributed by atoms with van der Waals surface area (Å²) in [7, 11) is 0. The molecule has 14 heavy (non-hydrogen) atoms. The van der Waals surface area contributed by atoms with Gasteiger partial charge < -0.3 is 10.2 Å². The molecule has 2 rings (SSSR count). The first-order valence-electron chi connectivity index (χ1n) is 5.07. The predicted octanol–water partition coefficient (Wildman–Crippen LogP) is 2.37. The van der Waals surface area contributed by atoms with Crippen molar-refractivity contribution in [2.45, 2.75) is 38.1 Å². The van der Waals surface area contributed by atoms with Crippen LogP contribution in [-0.4, -0.2) is 12.3 Å². The van der Waals surface area contributed by atoms with Crippen LogP contribution in [0.1, 0.15) is 42.7 Å². The molecule has 1 heterocycles. The van der Waals surface area contributed by atoms with E-state index in [2.05, 4.69) is 4.42 Å². The molecule has 1 fully saturated rings. The van der Waals surface area contributed by atoms with Crippen LogP contribution in [0.25, 0.3) is 0 Å². The minimum Gasteiger partial charge on any atom is -0.462 e. The normalized spacial score (nSPS) is 16.9. The molecule has 78 valence electrons. The van der Waals surface area contributed by atoms with Gasteiger partial charge in [0.25, 0.3) is 0 Å². The fourth-order valence-corrected chi connectivity index (χ4v) is 1.49. The molecule has 0 amide bonds. The maximum atomic E-state index is 9.77. The van der Waals surface area contributed by atoms with Gasteiger partial charge in [0.05, 0.1) is 6.26 Å². The average molecular weight is 195 g/mol. The highest BCUT2D eigenvalue weighted by molar-refractivity contribution is 5.69. The molecule has 3 heteroatoms. The molecule has 0 aromatic carbocycles. The maximum Gasteiger partial charge on any atom is 0.185 e. The molecule has 0 aliphatic heterocycles. The first kappa shape index (κ1) is 11.0. The summed E-state index contributed by atoms with van der Waals surface area (Å²) in [6, 6.07) is 3.81. The largest absolute Gasteiger partial charge is 0.462 e. The van der Waals surface area contributed by atoms with Crippen LogP contribution in [0.2, 0.25) is 0 Å². The van der Waals surface area contributed by atoms with Crippen molar-refractivity contribution in [3.8, 4) is 0 Å². The van der Waals surface area contributed by atoms with Crippen LogP contribution in [0.15, 0.2) is 22.8 Å². The summed E-state index contributed by atoms with van der Waals surface area (Å²) in [4.78, 5) is 9.77. The fraction of sp³-hybridized carbons (Fsp3) is 0.545. The molecule has 0 spiro atoms. The van der Waals surface area contributed by atoms with Gasteiger partial charge >= 0.3 is 0 Å². The van der Waals surface area contributed by atoms with E-state index in [0.29, 0.717) is 18.1 Å². The van der Waals surface area contributed by atoms with Gasteiger partial charge in [0.1, 0.15) is 0 Å². The van der Waals surface area contributed by atoms with E-state index in [1.54, 1.807) is 12.1 Å². The molecule has 1 aromatic rings. The topological polar surface area (TPSA) is 56.2 Å². The SMILES string of the molecule is NC1CCCCC1.O=Cc1ccco1. The Labute approximate surface area is 84.3 Å². The van der Waals surface area contributed by atoms with Crippen LogP contribution in [0.3, 0.4) is 0 Å². The van der Waals surface area contributed by atoms with Crippen LogP contribution in [0.4, 0.5) is 0 Å². The summed E-state index contributed by atoms with van der Waals surface area (Å²) in [5.74, 6) is 0.375. The third kappa shape index (κ3) is 4.23. The molecule has 1 saturated carbocycles. The Morgan fingerprint density at radius 2 is 2.07 bits per heavy atom. The Morgan fingerprint density at radius 1 is 1.36 bits per heavy atom. The minimum atomic E-state index is 0.375. The van der Waals surface area contributed by atoms with Gasteiger partial charge in [0.15, 0.2) is 12.0 Å². The standard InChI is InChI=1S/C6H13N.C5H4O2/c7-6-4-2-1-3-5-6;6-4-5-2-1-3-7-5/h6H,1-5,7H2;1-4H. The Bertz CT molecular complexity index is 238. The number of rotatable bonds is 1. The Morgan fingerprint density at radius 3 is 2.36 bits per heavy atom. The van der Waals surface area contributed by atoms with Crippen LogP contribution in [-0.2, 0) is 0 Å². The fourth-order valence-electron chi connectivity index (χ4n) is 1.49. The smallest absolute Gasteiger partial charge is 0.185 e. The van der Waals surface area contributed by atoms with Gasteiger partial charge in [-0.1, -0.05) is 19.3 Å². The second-order valence-corrected chi connectivity index (χ2v) is 3.53. The van der Waals surface area contributed by atoms with Crippen molar-refractivity contribution in [3.05, 3.63) is 24.2 Å². The predicted molar refractivity (Wildman–Crippen MR) is 55.2 cm³/mol. The molecule has 3 nitrogen and oxygen atoms in total. The molecule has 0 bridgehead atoms. The van der Waals surface area contributed by atoms with E-state index < -0.39 is 0 Å². The van der Waals surface area contributed by atoms with Crippen molar-refractivity contribution in [1.29, 1.82) is 0 Å². The van der Waals surface area contributed by atoms with E-state index >= 15 is 0 Å². The molecular weight excluding hydrogens is 178 g/mol. The van der Waals surface area contributed by atoms with Gasteiger partial charge in [0, 0.05) is 6.04 Å². The zero-order valence-corrected chi connectivity index (χ0v) is 8.32. The first-order valence-corrected chi connectivity index (χ1v) is 5.07. The van der Waals surface area contributed by atoms with Gasteiger partial charge in [-0.2, -0.15) is 0 Å². The van der Waals surface area contributed by atoms with Crippen molar-refractivity contribution < 1.29 is 9.21 Å². The lowest BCUT2D eigenvalue weighted by Crippen LogP contribution is -2.22. The summed E-state index contributed by atoms with van der Waals surface area (Å²) in [6.45, 7) is 0. The molecule has 0 radical (unpaired) electrons. The van der Waals surface area contributed by atoms with Crippen molar-refractivity contribution in [2.75, 3.05) is 0 Å². The number of carbonyl (C=O) groups excluding carboxylic acids is 1. The van der Waals surface area contributed by atoms with Crippen LogP contribution in [0, 0.1) is 0 Å². The molecule has 0 saturated heterocycles. The lowest BCUT2D eigenvalue weighted by Gasteiger charge is -2.15. The first-order chi connectivity index (χ1) is 6.83. The van der Waals surface area contributed by atoms with Gasteiger partial charge in [-0.25, -0.2) is 0 Å². The maximum absolute atomic E-state index is 9.77. The summed E-state index contributed by atoms with van der Waals surface area (Å²) in [6.07, 6.45) is 8.79. The van der Waals surface area contributed by atoms with Gasteiger partial charge in [-0.05, 0) is 25.0 Å². The highest BCUT2D eigenvalue weighted by Crippen LogP contribution is 2.14. The number of furan rings is 1. The Hall–Kier alpha value is -1.09. The number of hydrogen-bond acceptors (Lipinski definition) is 3. The highest BCUT2D eigenvalue weighted by Gasteiger charge is 2.06. The second kappa shape index (κ2) is 6.38. The molecule has 1 aliphatic rings. The average Bonchev–Trinajstić information content (AvgIpc) is 2.72. The van der Waals surface area contributed by atoms with Crippen molar-refractivity contribution in [2.24, 2.45) is 5.73 Å². The van der Waals surface area contributed by atoms with Crippen molar-refractivity contribution >= 4 is 6.29 Å². The summed E-state index contributed by atoms with van der Waals surface area (Å²) in [5, 5.41) is 0. The van der Waals surface area contributed by atoms with E-state index in [-0.39, 0.29) is 0 Å². The van der Waals surface area contributed by atoms with E-state index in [1.807, 2.05) is 0 Å². The van der Waals surface area contributed by atoms with Crippen molar-refractivity contribution in [3.63, 3.8) is 0 Å². The van der Waals surface area contributed by atoms with Crippen molar-refractivity contribution in [1.82, 2.24) is 0 Å². The van der Waals surface area contributed by atoms with E-state index in [0.717, 1.165) is 0 Å². The molecule has 2 N–H and O–H groups in total. The molecule has 0 atom stereocenters. The monoisotopic (exact) mass is 195 g/mol. The Kier molecular flexibility index (Phi) is 5.00. The molecule has 0 unspecified atom stereocenters. The number of hydrogen-bond donors (Lipinski definition) is 1. The summed E-state index contributed by atoms with van der Waals surface area (Å²) in [5.41, 5.74) is 5.63. The van der Waals surface area contributed by atoms with Gasteiger partial charge in [-0.3, -0.25) is 4.79 Å². The molecule has 1 aliphatic carbocycles. The highest BCUT2D eigenvalue weighted by atomic mass is 16.3. The summed E-state index contributed by atoms with van der Waals surface area (Å²) >= 11 is 0. The third-order valence-corrected chi connectivity index (χ3v) is 2.31. The second-order valence-electron chi connectivity index (χ2n) is 3.53. The van der Waals surface area contributed by atoms with Crippen LogP contribution < -0.4 is 5.73 Å². The number of aldehydes is 1. The minimum absolute atomic E-state index is 0.375. The van der Waals surface area contributed by atoms with Crippen LogP contribution >= 0.6 is 0 Å². The summed E-state index contributed by atoms with van der Waals surface area (Å²) < 4.78 is 4.61. The lowest BCUT2D eigenvalue weighted by molar-refractivity contribution is 0.110. The zero-order valence-electron chi connectivity index (χ0n) is 8.32. The number of carbonyl (C=O) groups is 1.